The van der Waals surface area contributed by atoms with Crippen LogP contribution in [0, 0.1) is 0 Å². The van der Waals surface area contributed by atoms with Gasteiger partial charge >= 0.3 is 59.2 Å². The van der Waals surface area contributed by atoms with Gasteiger partial charge in [-0.25, -0.2) is 0 Å². The second-order valence-corrected chi connectivity index (χ2v) is 10.7. The molecule has 0 heterocycles. The van der Waals surface area contributed by atoms with E-state index in [0.29, 0.717) is 12.8 Å². The molecule has 0 unspecified atom stereocenters. The molecule has 0 bridgehead atoms. The summed E-state index contributed by atoms with van der Waals surface area (Å²) in [7, 11) is 0. The minimum atomic E-state index is -6.91. The third-order valence-electron chi connectivity index (χ3n) is 5.85. The van der Waals surface area contributed by atoms with Gasteiger partial charge in [0.1, 0.15) is 0 Å². The first kappa shape index (κ1) is 44.5. The zero-order chi connectivity index (χ0) is 35.4. The molecule has 0 aromatic rings. The molecule has 0 N–H and O–H groups in total. The maximum atomic E-state index is 13.4. The summed E-state index contributed by atoms with van der Waals surface area (Å²) >= 11 is 1.12. The number of hydrogen-bond acceptors (Lipinski definition) is 0. The van der Waals surface area contributed by atoms with Gasteiger partial charge in [0.05, 0.1) is 0 Å². The second-order valence-electron chi connectivity index (χ2n) is 9.59. The van der Waals surface area contributed by atoms with Crippen LogP contribution in [0.2, 0.25) is 0 Å². The summed E-state index contributed by atoms with van der Waals surface area (Å²) in [5.74, 6) is -62.6. The van der Waals surface area contributed by atoms with Crippen molar-refractivity contribution in [2.24, 2.45) is 0 Å². The summed E-state index contributed by atoms with van der Waals surface area (Å²) in [5.41, 5.74) is 0. The van der Waals surface area contributed by atoms with Crippen LogP contribution < -0.4 is 0 Å². The van der Waals surface area contributed by atoms with E-state index in [1.54, 1.807) is 0 Å². The van der Waals surface area contributed by atoms with E-state index in [-0.39, 0.29) is 6.42 Å². The molecular formula is C22H27F20I. The molecule has 0 radical (unpaired) electrons. The van der Waals surface area contributed by atoms with Gasteiger partial charge in [0.2, 0.25) is 0 Å². The lowest BCUT2D eigenvalue weighted by Gasteiger charge is -2.38. The van der Waals surface area contributed by atoms with Gasteiger partial charge in [-0.2, -0.15) is 87.8 Å². The first-order chi connectivity index (χ1) is 18.6. The van der Waals surface area contributed by atoms with Gasteiger partial charge < -0.3 is 0 Å². The Morgan fingerprint density at radius 3 is 0.930 bits per heavy atom. The molecule has 0 saturated carbocycles. The quantitative estimate of drug-likeness (QED) is 0.0595. The Morgan fingerprint density at radius 2 is 0.651 bits per heavy atom. The molecule has 0 fully saturated rings. The highest BCUT2D eigenvalue weighted by atomic mass is 127. The van der Waals surface area contributed by atoms with Crippen molar-refractivity contribution in [1.82, 2.24) is 0 Å². The molecule has 0 aromatic carbocycles. The van der Waals surface area contributed by atoms with Crippen LogP contribution in [0.1, 0.15) is 72.1 Å². The fraction of sp³-hybridized carbons (Fsp3) is 1.00. The Morgan fingerprint density at radius 1 is 0.372 bits per heavy atom. The van der Waals surface area contributed by atoms with E-state index < -0.39 is 96.8 Å². The average molecular weight is 798 g/mol. The monoisotopic (exact) mass is 798 g/mol. The standard InChI is InChI=1S/C14H20F10.C8H7F10I/c1-3-4-5-6-7-8-9-11(17,18)13(21,22)14(23,24)12(19,20)10(2,15)16;1-4(9,10)6(13,14)8(17,18)7(15,16)5(11,12)2-3-19/h3-9H2,1-2H3;2-3H2,1H3. The molecule has 0 aliphatic rings. The fourth-order valence-corrected chi connectivity index (χ4v) is 3.64. The Bertz CT molecular complexity index is 841. The normalized spacial score (nSPS) is 15.3. The minimum absolute atomic E-state index is 0.0115. The van der Waals surface area contributed by atoms with E-state index >= 15 is 0 Å². The molecule has 0 spiro atoms. The van der Waals surface area contributed by atoms with Gasteiger partial charge in [0.15, 0.2) is 0 Å². The Labute approximate surface area is 246 Å². The zero-order valence-electron chi connectivity index (χ0n) is 22.3. The van der Waals surface area contributed by atoms with Crippen LogP contribution in [0.4, 0.5) is 87.8 Å². The van der Waals surface area contributed by atoms with Crippen molar-refractivity contribution in [3.05, 3.63) is 0 Å². The van der Waals surface area contributed by atoms with Crippen LogP contribution in [0.5, 0.6) is 0 Å². The summed E-state index contributed by atoms with van der Waals surface area (Å²) in [6.07, 6.45) is -1.67. The highest BCUT2D eigenvalue weighted by Crippen LogP contribution is 2.59. The largest absolute Gasteiger partial charge is 0.384 e. The molecule has 0 rings (SSSR count). The number of halogens is 21. The van der Waals surface area contributed by atoms with E-state index in [4.69, 9.17) is 0 Å². The van der Waals surface area contributed by atoms with E-state index in [2.05, 4.69) is 0 Å². The summed E-state index contributed by atoms with van der Waals surface area (Å²) < 4.78 is 257. The Balaban J connectivity index is 0. The van der Waals surface area contributed by atoms with Gasteiger partial charge in [-0.3, -0.25) is 0 Å². The van der Waals surface area contributed by atoms with E-state index in [1.807, 2.05) is 6.92 Å². The smallest absolute Gasteiger partial charge is 0.200 e. The summed E-state index contributed by atoms with van der Waals surface area (Å²) in [6.45, 7) is 0.372. The lowest BCUT2D eigenvalue weighted by Crippen LogP contribution is -2.66. The molecule has 262 valence electrons. The van der Waals surface area contributed by atoms with Crippen molar-refractivity contribution in [3.8, 4) is 0 Å². The molecule has 0 atom stereocenters. The Hall–Kier alpha value is -0.670. The lowest BCUT2D eigenvalue weighted by molar-refractivity contribution is -0.399. The summed E-state index contributed by atoms with van der Waals surface area (Å²) in [6, 6.07) is 0. The van der Waals surface area contributed by atoms with E-state index in [0.717, 1.165) is 35.4 Å². The van der Waals surface area contributed by atoms with Crippen molar-refractivity contribution >= 4 is 22.6 Å². The zero-order valence-corrected chi connectivity index (χ0v) is 24.5. The van der Waals surface area contributed by atoms with Crippen molar-refractivity contribution in [2.45, 2.75) is 131 Å². The number of unbranched alkanes of at least 4 members (excludes halogenated alkanes) is 5. The van der Waals surface area contributed by atoms with Gasteiger partial charge in [-0.15, -0.1) is 0 Å². The molecule has 21 heteroatoms. The maximum absolute atomic E-state index is 13.4. The predicted molar refractivity (Wildman–Crippen MR) is 122 cm³/mol. The number of alkyl halides is 21. The van der Waals surface area contributed by atoms with Crippen molar-refractivity contribution in [1.29, 1.82) is 0 Å². The number of hydrogen-bond donors (Lipinski definition) is 0. The van der Waals surface area contributed by atoms with Gasteiger partial charge in [-0.1, -0.05) is 61.6 Å². The van der Waals surface area contributed by atoms with Gasteiger partial charge in [0, 0.05) is 31.1 Å². The van der Waals surface area contributed by atoms with Gasteiger partial charge in [-0.05, 0) is 6.42 Å². The van der Waals surface area contributed by atoms with Crippen LogP contribution in [0.3, 0.4) is 0 Å². The SMILES string of the molecule is CC(F)(F)C(F)(F)C(F)(F)C(F)(F)C(F)(F)CCI.CCCCCCCCC(F)(F)C(F)(F)C(F)(F)C(F)(F)C(C)(F)F. The van der Waals surface area contributed by atoms with Crippen molar-refractivity contribution < 1.29 is 87.8 Å². The lowest BCUT2D eigenvalue weighted by atomic mass is 9.92. The Kier molecular flexibility index (Phi) is 14.9. The van der Waals surface area contributed by atoms with Crippen molar-refractivity contribution in [2.75, 3.05) is 4.43 Å². The summed E-state index contributed by atoms with van der Waals surface area (Å²) in [4.78, 5) is 0. The predicted octanol–water partition coefficient (Wildman–Crippen LogP) is 11.9. The highest BCUT2D eigenvalue weighted by Gasteiger charge is 2.86. The first-order valence-corrected chi connectivity index (χ1v) is 13.5. The van der Waals surface area contributed by atoms with Crippen LogP contribution >= 0.6 is 22.6 Å². The minimum Gasteiger partial charge on any atom is -0.200 e. The summed E-state index contributed by atoms with van der Waals surface area (Å²) in [5, 5.41) is 0. The number of rotatable bonds is 17. The molecule has 0 aromatic heterocycles. The van der Waals surface area contributed by atoms with Crippen molar-refractivity contribution in [3.63, 3.8) is 0 Å². The topological polar surface area (TPSA) is 0 Å². The molecule has 0 aliphatic carbocycles. The average Bonchev–Trinajstić information content (AvgIpc) is 2.79. The second kappa shape index (κ2) is 14.4. The molecule has 0 amide bonds. The van der Waals surface area contributed by atoms with Crippen LogP contribution in [0.25, 0.3) is 0 Å². The van der Waals surface area contributed by atoms with Gasteiger partial charge in [0.25, 0.3) is 0 Å². The fourth-order valence-electron chi connectivity index (χ4n) is 2.97. The molecule has 0 nitrogen and oxygen atoms in total. The van der Waals surface area contributed by atoms with E-state index in [1.165, 1.54) is 0 Å². The molecule has 0 aliphatic heterocycles. The first-order valence-electron chi connectivity index (χ1n) is 12.0. The molecule has 43 heavy (non-hydrogen) atoms. The van der Waals surface area contributed by atoms with Crippen LogP contribution in [0.15, 0.2) is 0 Å². The molecular weight excluding hydrogens is 771 g/mol. The highest BCUT2D eigenvalue weighted by molar-refractivity contribution is 14.1. The van der Waals surface area contributed by atoms with Crippen LogP contribution in [-0.2, 0) is 0 Å². The van der Waals surface area contributed by atoms with E-state index in [9.17, 15) is 87.8 Å². The maximum Gasteiger partial charge on any atom is 0.384 e. The van der Waals surface area contributed by atoms with Crippen LogP contribution in [-0.4, -0.2) is 63.7 Å². The third kappa shape index (κ3) is 8.99. The third-order valence-corrected chi connectivity index (χ3v) is 6.39. The molecule has 0 saturated heterocycles.